The average Bonchev–Trinajstić information content (AvgIpc) is 2.52. The van der Waals surface area contributed by atoms with Gasteiger partial charge in [-0.2, -0.15) is 0 Å². The van der Waals surface area contributed by atoms with Gasteiger partial charge in [-0.1, -0.05) is 0 Å². The molecule has 0 bridgehead atoms. The Bertz CT molecular complexity index is 216. The van der Waals surface area contributed by atoms with E-state index in [1.165, 1.54) is 7.11 Å². The van der Waals surface area contributed by atoms with Crippen molar-refractivity contribution in [1.29, 1.82) is 0 Å². The van der Waals surface area contributed by atoms with Gasteiger partial charge in [-0.25, -0.2) is 0 Å². The van der Waals surface area contributed by atoms with E-state index in [-0.39, 0.29) is 18.3 Å². The number of carbonyl (C=O) groups is 2. The van der Waals surface area contributed by atoms with Crippen molar-refractivity contribution in [3.05, 3.63) is 0 Å². The maximum absolute atomic E-state index is 10.9. The van der Waals surface area contributed by atoms with Gasteiger partial charge >= 0.3 is 11.9 Å². The zero-order valence-corrected chi connectivity index (χ0v) is 7.45. The van der Waals surface area contributed by atoms with Gasteiger partial charge in [0.1, 0.15) is 0 Å². The molecule has 2 N–H and O–H groups in total. The van der Waals surface area contributed by atoms with Crippen molar-refractivity contribution in [2.24, 2.45) is 11.8 Å². The van der Waals surface area contributed by atoms with Gasteiger partial charge in [0, 0.05) is 6.54 Å². The molecule has 1 aliphatic heterocycles. The van der Waals surface area contributed by atoms with E-state index in [1.807, 2.05) is 0 Å². The van der Waals surface area contributed by atoms with Crippen LogP contribution in [0.2, 0.25) is 0 Å². The lowest BCUT2D eigenvalue weighted by molar-refractivity contribution is -0.145. The molecule has 5 heteroatoms. The number of carboxylic acid groups (broad SMARTS) is 1. The molecule has 0 radical (unpaired) electrons. The summed E-state index contributed by atoms with van der Waals surface area (Å²) in [6.07, 6.45) is 0.181. The molecule has 1 saturated heterocycles. The van der Waals surface area contributed by atoms with E-state index in [0.29, 0.717) is 13.1 Å². The number of carboxylic acids is 1. The third-order valence-electron chi connectivity index (χ3n) is 2.31. The van der Waals surface area contributed by atoms with Gasteiger partial charge < -0.3 is 15.2 Å². The van der Waals surface area contributed by atoms with Crippen LogP contribution in [0.4, 0.5) is 0 Å². The van der Waals surface area contributed by atoms with Crippen molar-refractivity contribution in [3.8, 4) is 0 Å². The Morgan fingerprint density at radius 1 is 1.54 bits per heavy atom. The second-order valence-electron chi connectivity index (χ2n) is 3.14. The van der Waals surface area contributed by atoms with Gasteiger partial charge in [-0.3, -0.25) is 9.59 Å². The number of rotatable bonds is 3. The lowest BCUT2D eigenvalue weighted by Gasteiger charge is -2.12. The highest BCUT2D eigenvalue weighted by Gasteiger charge is 2.34. The van der Waals surface area contributed by atoms with Crippen molar-refractivity contribution >= 4 is 11.9 Å². The Balaban J connectivity index is 2.48. The summed E-state index contributed by atoms with van der Waals surface area (Å²) >= 11 is 0. The Morgan fingerprint density at radius 3 is 2.77 bits per heavy atom. The van der Waals surface area contributed by atoms with Gasteiger partial charge in [-0.15, -0.1) is 0 Å². The van der Waals surface area contributed by atoms with Gasteiger partial charge in [0.25, 0.3) is 0 Å². The van der Waals surface area contributed by atoms with Crippen LogP contribution in [0.3, 0.4) is 0 Å². The predicted molar refractivity (Wildman–Crippen MR) is 44.1 cm³/mol. The monoisotopic (exact) mass is 187 g/mol. The fourth-order valence-electron chi connectivity index (χ4n) is 1.53. The van der Waals surface area contributed by atoms with Crippen LogP contribution in [-0.2, 0) is 14.3 Å². The van der Waals surface area contributed by atoms with Crippen LogP contribution in [0.15, 0.2) is 0 Å². The summed E-state index contributed by atoms with van der Waals surface area (Å²) in [5.74, 6) is -1.79. The Labute approximate surface area is 76.1 Å². The van der Waals surface area contributed by atoms with E-state index in [4.69, 9.17) is 5.11 Å². The number of esters is 1. The molecule has 1 fully saturated rings. The zero-order chi connectivity index (χ0) is 9.84. The Kier molecular flexibility index (Phi) is 3.25. The summed E-state index contributed by atoms with van der Waals surface area (Å²) in [7, 11) is 1.31. The largest absolute Gasteiger partial charge is 0.481 e. The Hall–Kier alpha value is -1.10. The van der Waals surface area contributed by atoms with E-state index >= 15 is 0 Å². The molecule has 0 aromatic carbocycles. The number of hydrogen-bond donors (Lipinski definition) is 2. The predicted octanol–water partition coefficient (Wildman–Crippen LogP) is -0.530. The van der Waals surface area contributed by atoms with E-state index in [1.54, 1.807) is 0 Å². The lowest BCUT2D eigenvalue weighted by atomic mass is 9.93. The van der Waals surface area contributed by atoms with Crippen molar-refractivity contribution in [2.45, 2.75) is 6.42 Å². The first-order valence-electron chi connectivity index (χ1n) is 4.15. The van der Waals surface area contributed by atoms with Gasteiger partial charge in [-0.05, 0) is 12.5 Å². The van der Waals surface area contributed by atoms with Gasteiger partial charge in [0.15, 0.2) is 0 Å². The standard InChI is InChI=1S/C8H13NO4/c1-13-7(10)2-5-3-9-4-6(5)8(11)12/h5-6,9H,2-4H2,1H3,(H,11,12). The van der Waals surface area contributed by atoms with E-state index in [0.717, 1.165) is 0 Å². The molecule has 1 aliphatic rings. The van der Waals surface area contributed by atoms with Crippen molar-refractivity contribution in [1.82, 2.24) is 5.32 Å². The van der Waals surface area contributed by atoms with Crippen LogP contribution in [0, 0.1) is 11.8 Å². The van der Waals surface area contributed by atoms with E-state index in [9.17, 15) is 9.59 Å². The number of nitrogens with one attached hydrogen (secondary N) is 1. The summed E-state index contributed by atoms with van der Waals surface area (Å²) in [6.45, 7) is 1.02. The molecule has 1 rings (SSSR count). The topological polar surface area (TPSA) is 75.6 Å². The molecular formula is C8H13NO4. The second-order valence-corrected chi connectivity index (χ2v) is 3.14. The summed E-state index contributed by atoms with van der Waals surface area (Å²) in [4.78, 5) is 21.6. The number of hydrogen-bond acceptors (Lipinski definition) is 4. The van der Waals surface area contributed by atoms with Gasteiger partial charge in [0.05, 0.1) is 19.4 Å². The lowest BCUT2D eigenvalue weighted by Crippen LogP contribution is -2.24. The molecular weight excluding hydrogens is 174 g/mol. The first-order chi connectivity index (χ1) is 6.15. The van der Waals surface area contributed by atoms with Crippen LogP contribution in [0.1, 0.15) is 6.42 Å². The molecule has 0 saturated carbocycles. The summed E-state index contributed by atoms with van der Waals surface area (Å²) in [5.41, 5.74) is 0. The fourth-order valence-corrected chi connectivity index (χ4v) is 1.53. The van der Waals surface area contributed by atoms with Crippen molar-refractivity contribution in [3.63, 3.8) is 0 Å². The van der Waals surface area contributed by atoms with Crippen LogP contribution in [0.5, 0.6) is 0 Å². The van der Waals surface area contributed by atoms with E-state index < -0.39 is 11.9 Å². The van der Waals surface area contributed by atoms with Gasteiger partial charge in [0.2, 0.25) is 0 Å². The number of aliphatic carboxylic acids is 1. The number of methoxy groups -OCH3 is 1. The smallest absolute Gasteiger partial charge is 0.308 e. The molecule has 0 aromatic rings. The highest BCUT2D eigenvalue weighted by atomic mass is 16.5. The zero-order valence-electron chi connectivity index (χ0n) is 7.45. The minimum atomic E-state index is -0.848. The first-order valence-corrected chi connectivity index (χ1v) is 4.15. The molecule has 2 unspecified atom stereocenters. The summed E-state index contributed by atoms with van der Waals surface area (Å²) < 4.78 is 4.48. The highest BCUT2D eigenvalue weighted by molar-refractivity contribution is 5.74. The molecule has 0 amide bonds. The highest BCUT2D eigenvalue weighted by Crippen LogP contribution is 2.20. The average molecular weight is 187 g/mol. The molecule has 0 aliphatic carbocycles. The number of ether oxygens (including phenoxy) is 1. The molecule has 5 nitrogen and oxygen atoms in total. The van der Waals surface area contributed by atoms with Crippen LogP contribution in [0.25, 0.3) is 0 Å². The normalized spacial score (nSPS) is 27.2. The molecule has 0 spiro atoms. The molecule has 1 heterocycles. The SMILES string of the molecule is COC(=O)CC1CNCC1C(=O)O. The van der Waals surface area contributed by atoms with Crippen LogP contribution < -0.4 is 5.32 Å². The molecule has 13 heavy (non-hydrogen) atoms. The fraction of sp³-hybridized carbons (Fsp3) is 0.750. The van der Waals surface area contributed by atoms with Crippen LogP contribution in [-0.4, -0.2) is 37.2 Å². The third-order valence-corrected chi connectivity index (χ3v) is 2.31. The third kappa shape index (κ3) is 2.42. The first kappa shape index (κ1) is 9.98. The Morgan fingerprint density at radius 2 is 2.23 bits per heavy atom. The minimum absolute atomic E-state index is 0.134. The van der Waals surface area contributed by atoms with Crippen molar-refractivity contribution in [2.75, 3.05) is 20.2 Å². The van der Waals surface area contributed by atoms with E-state index in [2.05, 4.69) is 10.1 Å². The molecule has 74 valence electrons. The quantitative estimate of drug-likeness (QED) is 0.581. The molecule has 2 atom stereocenters. The maximum Gasteiger partial charge on any atom is 0.308 e. The minimum Gasteiger partial charge on any atom is -0.481 e. The maximum atomic E-state index is 10.9. The second kappa shape index (κ2) is 4.23. The number of carbonyl (C=O) groups excluding carboxylic acids is 1. The summed E-state index contributed by atoms with van der Waals surface area (Å²) in [6, 6.07) is 0. The van der Waals surface area contributed by atoms with Crippen LogP contribution >= 0.6 is 0 Å². The summed E-state index contributed by atoms with van der Waals surface area (Å²) in [5, 5.41) is 11.7. The van der Waals surface area contributed by atoms with Crippen molar-refractivity contribution < 1.29 is 19.4 Å². The molecule has 0 aromatic heterocycles.